The SMILES string of the molecule is CCCCCCCCCCCCCCCCC=CNC(CCCCCCCC)(CCCCCCCC)CCCCCCCC. The van der Waals surface area contributed by atoms with E-state index < -0.39 is 0 Å². The molecule has 0 fully saturated rings. The molecule has 1 nitrogen and oxygen atoms in total. The molecule has 0 saturated heterocycles. The highest BCUT2D eigenvalue weighted by molar-refractivity contribution is 4.94. The first kappa shape index (κ1) is 43.5. The van der Waals surface area contributed by atoms with E-state index in [1.165, 1.54) is 231 Å². The fourth-order valence-corrected chi connectivity index (χ4v) is 7.10. The average molecular weight is 618 g/mol. The maximum atomic E-state index is 4.11. The van der Waals surface area contributed by atoms with Crippen LogP contribution in [0.15, 0.2) is 12.3 Å². The Hall–Kier alpha value is -0.460. The first-order valence-electron chi connectivity index (χ1n) is 21.2. The zero-order valence-electron chi connectivity index (χ0n) is 31.6. The highest BCUT2D eigenvalue weighted by atomic mass is 14.9. The summed E-state index contributed by atoms with van der Waals surface area (Å²) in [4.78, 5) is 0. The van der Waals surface area contributed by atoms with Gasteiger partial charge in [0.15, 0.2) is 0 Å². The Morgan fingerprint density at radius 1 is 0.318 bits per heavy atom. The van der Waals surface area contributed by atoms with Crippen LogP contribution in [0.25, 0.3) is 0 Å². The van der Waals surface area contributed by atoms with Gasteiger partial charge in [0.2, 0.25) is 0 Å². The monoisotopic (exact) mass is 618 g/mol. The van der Waals surface area contributed by atoms with Crippen LogP contribution in [0.2, 0.25) is 0 Å². The van der Waals surface area contributed by atoms with Crippen LogP contribution in [-0.4, -0.2) is 5.54 Å². The van der Waals surface area contributed by atoms with E-state index in [0.29, 0.717) is 5.54 Å². The van der Waals surface area contributed by atoms with Gasteiger partial charge in [-0.1, -0.05) is 233 Å². The number of unbranched alkanes of at least 4 members (excludes halogenated alkanes) is 29. The van der Waals surface area contributed by atoms with Gasteiger partial charge in [0, 0.05) is 5.54 Å². The fraction of sp³-hybridized carbons (Fsp3) is 0.953. The minimum absolute atomic E-state index is 0.340. The lowest BCUT2D eigenvalue weighted by Crippen LogP contribution is -2.42. The zero-order valence-corrected chi connectivity index (χ0v) is 31.6. The Morgan fingerprint density at radius 2 is 0.568 bits per heavy atom. The second kappa shape index (κ2) is 37.0. The number of nitrogens with one attached hydrogen (secondary N) is 1. The summed E-state index contributed by atoms with van der Waals surface area (Å²) in [6.07, 6.45) is 56.0. The van der Waals surface area contributed by atoms with Gasteiger partial charge in [0.25, 0.3) is 0 Å². The van der Waals surface area contributed by atoms with Crippen molar-refractivity contribution < 1.29 is 0 Å². The minimum Gasteiger partial charge on any atom is -0.386 e. The fourth-order valence-electron chi connectivity index (χ4n) is 7.10. The van der Waals surface area contributed by atoms with Crippen LogP contribution in [0.4, 0.5) is 0 Å². The summed E-state index contributed by atoms with van der Waals surface area (Å²) in [5.74, 6) is 0. The smallest absolute Gasteiger partial charge is 0.0368 e. The van der Waals surface area contributed by atoms with E-state index in [1.54, 1.807) is 0 Å². The Labute approximate surface area is 281 Å². The molecule has 0 aromatic heterocycles. The predicted molar refractivity (Wildman–Crippen MR) is 204 cm³/mol. The lowest BCUT2D eigenvalue weighted by Gasteiger charge is -2.35. The van der Waals surface area contributed by atoms with Gasteiger partial charge >= 0.3 is 0 Å². The normalized spacial score (nSPS) is 12.1. The van der Waals surface area contributed by atoms with E-state index in [9.17, 15) is 0 Å². The Balaban J connectivity index is 4.52. The van der Waals surface area contributed by atoms with Crippen molar-refractivity contribution in [2.45, 2.75) is 264 Å². The first-order valence-corrected chi connectivity index (χ1v) is 21.2. The molecule has 0 bridgehead atoms. The largest absolute Gasteiger partial charge is 0.386 e. The van der Waals surface area contributed by atoms with Crippen molar-refractivity contribution in [1.29, 1.82) is 0 Å². The van der Waals surface area contributed by atoms with Crippen molar-refractivity contribution in [2.75, 3.05) is 0 Å². The third-order valence-electron chi connectivity index (χ3n) is 10.3. The molecule has 1 heteroatoms. The first-order chi connectivity index (χ1) is 21.7. The molecular formula is C43H87N. The van der Waals surface area contributed by atoms with Crippen LogP contribution in [0.1, 0.15) is 259 Å². The van der Waals surface area contributed by atoms with E-state index in [0.717, 1.165) is 0 Å². The summed E-state index contributed by atoms with van der Waals surface area (Å²) in [6.45, 7) is 9.31. The van der Waals surface area contributed by atoms with Crippen molar-refractivity contribution in [1.82, 2.24) is 5.32 Å². The molecule has 0 aliphatic rings. The number of hydrogen-bond donors (Lipinski definition) is 1. The zero-order chi connectivity index (χ0) is 32.1. The molecular weight excluding hydrogens is 530 g/mol. The van der Waals surface area contributed by atoms with E-state index >= 15 is 0 Å². The maximum Gasteiger partial charge on any atom is 0.0368 e. The van der Waals surface area contributed by atoms with Gasteiger partial charge in [-0.25, -0.2) is 0 Å². The number of rotatable bonds is 38. The molecule has 0 atom stereocenters. The summed E-state index contributed by atoms with van der Waals surface area (Å²) in [5, 5.41) is 4.11. The Kier molecular flexibility index (Phi) is 36.6. The van der Waals surface area contributed by atoms with Crippen LogP contribution in [0.3, 0.4) is 0 Å². The topological polar surface area (TPSA) is 12.0 Å². The molecule has 0 heterocycles. The average Bonchev–Trinajstić information content (AvgIpc) is 3.03. The minimum atomic E-state index is 0.340. The molecule has 1 N–H and O–H groups in total. The van der Waals surface area contributed by atoms with Gasteiger partial charge < -0.3 is 5.32 Å². The van der Waals surface area contributed by atoms with Crippen LogP contribution in [0, 0.1) is 0 Å². The maximum absolute atomic E-state index is 4.11. The molecule has 0 aromatic rings. The van der Waals surface area contributed by atoms with Crippen molar-refractivity contribution >= 4 is 0 Å². The van der Waals surface area contributed by atoms with Crippen molar-refractivity contribution in [3.05, 3.63) is 12.3 Å². The molecule has 0 radical (unpaired) electrons. The van der Waals surface area contributed by atoms with E-state index in [4.69, 9.17) is 0 Å². The molecule has 0 rings (SSSR count). The number of allylic oxidation sites excluding steroid dienone is 1. The lowest BCUT2D eigenvalue weighted by atomic mass is 9.81. The van der Waals surface area contributed by atoms with Crippen LogP contribution in [0.5, 0.6) is 0 Å². The predicted octanol–water partition coefficient (Wildman–Crippen LogP) is 16.0. The molecule has 0 spiro atoms. The molecule has 0 aliphatic carbocycles. The van der Waals surface area contributed by atoms with Crippen LogP contribution < -0.4 is 5.32 Å². The van der Waals surface area contributed by atoms with Crippen molar-refractivity contribution in [3.63, 3.8) is 0 Å². The molecule has 0 aromatic carbocycles. The number of hydrogen-bond acceptors (Lipinski definition) is 1. The quantitative estimate of drug-likeness (QED) is 0.0680. The van der Waals surface area contributed by atoms with Gasteiger partial charge in [-0.3, -0.25) is 0 Å². The van der Waals surface area contributed by atoms with E-state index in [-0.39, 0.29) is 0 Å². The third kappa shape index (κ3) is 31.5. The van der Waals surface area contributed by atoms with E-state index in [2.05, 4.69) is 45.3 Å². The van der Waals surface area contributed by atoms with Gasteiger partial charge in [0.05, 0.1) is 0 Å². The molecule has 0 amide bonds. The summed E-state index contributed by atoms with van der Waals surface area (Å²) >= 11 is 0. The second-order valence-corrected chi connectivity index (χ2v) is 14.8. The molecule has 0 saturated carbocycles. The molecule has 0 unspecified atom stereocenters. The van der Waals surface area contributed by atoms with E-state index in [1.807, 2.05) is 0 Å². The van der Waals surface area contributed by atoms with Gasteiger partial charge in [-0.15, -0.1) is 0 Å². The van der Waals surface area contributed by atoms with Gasteiger partial charge in [-0.2, -0.15) is 0 Å². The second-order valence-electron chi connectivity index (χ2n) is 14.8. The molecule has 0 aliphatic heterocycles. The highest BCUT2D eigenvalue weighted by Crippen LogP contribution is 2.30. The summed E-state index contributed by atoms with van der Waals surface area (Å²) in [5.41, 5.74) is 0.340. The van der Waals surface area contributed by atoms with Gasteiger partial charge in [-0.05, 0) is 38.3 Å². The molecule has 264 valence electrons. The van der Waals surface area contributed by atoms with Gasteiger partial charge in [0.1, 0.15) is 0 Å². The Morgan fingerprint density at radius 3 is 0.864 bits per heavy atom. The summed E-state index contributed by atoms with van der Waals surface area (Å²) in [6, 6.07) is 0. The highest BCUT2D eigenvalue weighted by Gasteiger charge is 2.27. The Bertz CT molecular complexity index is 496. The molecule has 44 heavy (non-hydrogen) atoms. The third-order valence-corrected chi connectivity index (χ3v) is 10.3. The lowest BCUT2D eigenvalue weighted by molar-refractivity contribution is 0.261. The van der Waals surface area contributed by atoms with Crippen molar-refractivity contribution in [2.24, 2.45) is 0 Å². The van der Waals surface area contributed by atoms with Crippen molar-refractivity contribution in [3.8, 4) is 0 Å². The standard InChI is InChI=1S/C43H87N/c1-5-9-13-17-21-22-23-24-25-26-27-28-29-30-34-38-42-44-43(39-35-31-18-14-10-6-2,40-36-32-19-15-11-7-3)41-37-33-20-16-12-8-4/h38,42,44H,5-37,39-41H2,1-4H3. The summed E-state index contributed by atoms with van der Waals surface area (Å²) < 4.78 is 0. The summed E-state index contributed by atoms with van der Waals surface area (Å²) in [7, 11) is 0. The van der Waals surface area contributed by atoms with Crippen LogP contribution in [-0.2, 0) is 0 Å². The van der Waals surface area contributed by atoms with Crippen LogP contribution >= 0.6 is 0 Å².